The smallest absolute Gasteiger partial charge is 0.370 e. The summed E-state index contributed by atoms with van der Waals surface area (Å²) in [6.45, 7) is 0. The normalized spacial score (nSPS) is 12.0. The lowest BCUT2D eigenvalue weighted by Crippen LogP contribution is -2.38. The molecule has 0 radical (unpaired) electrons. The van der Waals surface area contributed by atoms with Gasteiger partial charge in [-0.15, -0.1) is 22.7 Å². The number of oxime groups is 2. The number of benzene rings is 6. The van der Waals surface area contributed by atoms with E-state index in [4.69, 9.17) is 24.4 Å². The number of ether oxygens (including phenoxy) is 1. The minimum Gasteiger partial charge on any atom is -0.398 e. The average Bonchev–Trinajstić information content (AvgIpc) is 4.02. The maximum Gasteiger partial charge on any atom is 0.370 e. The van der Waals surface area contributed by atoms with Crippen LogP contribution < -0.4 is 10.6 Å². The van der Waals surface area contributed by atoms with Gasteiger partial charge in [0.15, 0.2) is 10.3 Å². The van der Waals surface area contributed by atoms with Gasteiger partial charge in [0.25, 0.3) is 0 Å². The zero-order chi connectivity index (χ0) is 43.5. The van der Waals surface area contributed by atoms with Crippen LogP contribution in [0.1, 0.15) is 44.8 Å². The number of anilines is 2. The Morgan fingerprint density at radius 1 is 0.444 bits per heavy atom. The van der Waals surface area contributed by atoms with Gasteiger partial charge >= 0.3 is 11.9 Å². The molecule has 63 heavy (non-hydrogen) atoms. The summed E-state index contributed by atoms with van der Waals surface area (Å²) in [5.74, 6) is -2.24. The Kier molecular flexibility index (Phi) is 12.9. The first kappa shape index (κ1) is 42.0. The molecule has 0 saturated heterocycles. The molecule has 0 bridgehead atoms. The van der Waals surface area contributed by atoms with Crippen molar-refractivity contribution in [3.05, 3.63) is 238 Å². The van der Waals surface area contributed by atoms with Crippen LogP contribution in [-0.2, 0) is 35.1 Å². The fourth-order valence-electron chi connectivity index (χ4n) is 7.50. The van der Waals surface area contributed by atoms with Gasteiger partial charge in [-0.3, -0.25) is 0 Å². The quantitative estimate of drug-likeness (QED) is 0.0320. The number of rotatable bonds is 16. The molecular formula is C50H40N6O5S2. The van der Waals surface area contributed by atoms with Gasteiger partial charge in [-0.05, 0) is 33.4 Å². The molecule has 2 heterocycles. The fraction of sp³-hybridized carbons (Fsp3) is 0.0800. The third-order valence-corrected chi connectivity index (χ3v) is 11.8. The molecule has 0 aliphatic carbocycles. The second-order valence-electron chi connectivity index (χ2n) is 13.9. The van der Waals surface area contributed by atoms with Crippen molar-refractivity contribution in [1.29, 1.82) is 0 Å². The molecule has 0 amide bonds. The van der Waals surface area contributed by atoms with Crippen LogP contribution in [0.15, 0.2) is 203 Å². The van der Waals surface area contributed by atoms with E-state index in [0.717, 1.165) is 33.4 Å². The summed E-state index contributed by atoms with van der Waals surface area (Å²) in [6.07, 6.45) is 0. The van der Waals surface area contributed by atoms with E-state index in [-0.39, 0.29) is 22.8 Å². The highest BCUT2D eigenvalue weighted by Gasteiger charge is 2.39. The molecular weight excluding hydrogens is 829 g/mol. The molecule has 0 spiro atoms. The van der Waals surface area contributed by atoms with E-state index < -0.39 is 23.0 Å². The average molecular weight is 869 g/mol. The summed E-state index contributed by atoms with van der Waals surface area (Å²) >= 11 is 2.51. The molecule has 0 aliphatic rings. The van der Waals surface area contributed by atoms with E-state index >= 15 is 0 Å². The molecule has 0 aliphatic heterocycles. The summed E-state index contributed by atoms with van der Waals surface area (Å²) in [5.41, 5.74) is 3.58. The Labute approximate surface area is 372 Å². The minimum atomic E-state index is -1.12. The van der Waals surface area contributed by atoms with Gasteiger partial charge in [0, 0.05) is 10.8 Å². The lowest BCUT2D eigenvalue weighted by molar-refractivity contribution is -0.149. The maximum atomic E-state index is 13.9. The highest BCUT2D eigenvalue weighted by Crippen LogP contribution is 2.42. The fourth-order valence-corrected chi connectivity index (χ4v) is 9.00. The van der Waals surface area contributed by atoms with Crippen LogP contribution in [-0.4, -0.2) is 47.5 Å². The zero-order valence-corrected chi connectivity index (χ0v) is 35.8. The number of hydrogen-bond donors (Lipinski definition) is 2. The van der Waals surface area contributed by atoms with Crippen LogP contribution in [0.4, 0.5) is 10.3 Å². The summed E-state index contributed by atoms with van der Waals surface area (Å²) in [5, 5.41) is 19.5. The van der Waals surface area contributed by atoms with Gasteiger partial charge in [-0.2, -0.15) is 0 Å². The van der Waals surface area contributed by atoms with Gasteiger partial charge in [0.1, 0.15) is 36.7 Å². The van der Waals surface area contributed by atoms with Crippen LogP contribution in [0.5, 0.6) is 0 Å². The van der Waals surface area contributed by atoms with Crippen LogP contribution in [0.25, 0.3) is 0 Å². The van der Waals surface area contributed by atoms with Crippen LogP contribution >= 0.6 is 22.7 Å². The highest BCUT2D eigenvalue weighted by atomic mass is 32.1. The summed E-state index contributed by atoms with van der Waals surface area (Å²) < 4.78 is 5.41. The SMILES string of the molecule is CON=C(C(=O)OC(=O)C(=NOC)c1csc(NC(c2ccccc2)(c2ccccc2)c2ccccc2)n1)c1csc(NC(c2ccccc2)(c2ccccc2)c2ccccc2)n1. The molecule has 0 saturated carbocycles. The molecule has 0 unspecified atom stereocenters. The highest BCUT2D eigenvalue weighted by molar-refractivity contribution is 7.14. The summed E-state index contributed by atoms with van der Waals surface area (Å²) in [7, 11) is 2.57. The number of carbonyl (C=O) groups is 2. The maximum absolute atomic E-state index is 13.9. The number of esters is 2. The van der Waals surface area contributed by atoms with Crippen molar-refractivity contribution in [3.63, 3.8) is 0 Å². The number of aromatic nitrogens is 2. The topological polar surface area (TPSA) is 136 Å². The minimum absolute atomic E-state index is 0.120. The first-order valence-electron chi connectivity index (χ1n) is 19.8. The third-order valence-electron chi connectivity index (χ3n) is 10.3. The van der Waals surface area contributed by atoms with Gasteiger partial charge in [0.2, 0.25) is 11.4 Å². The lowest BCUT2D eigenvalue weighted by Gasteiger charge is -2.36. The van der Waals surface area contributed by atoms with Gasteiger partial charge in [0.05, 0.1) is 0 Å². The van der Waals surface area contributed by atoms with Crippen molar-refractivity contribution >= 4 is 56.3 Å². The van der Waals surface area contributed by atoms with E-state index in [1.807, 2.05) is 109 Å². The van der Waals surface area contributed by atoms with Crippen LogP contribution in [0.2, 0.25) is 0 Å². The molecule has 11 nitrogen and oxygen atoms in total. The zero-order valence-electron chi connectivity index (χ0n) is 34.1. The predicted octanol–water partition coefficient (Wildman–Crippen LogP) is 9.88. The molecule has 6 aromatic carbocycles. The Balaban J connectivity index is 1.07. The number of nitrogens with one attached hydrogen (secondary N) is 2. The van der Waals surface area contributed by atoms with Gasteiger partial charge < -0.3 is 25.0 Å². The first-order valence-corrected chi connectivity index (χ1v) is 21.5. The molecule has 2 aromatic heterocycles. The van der Waals surface area contributed by atoms with Crippen molar-refractivity contribution in [2.45, 2.75) is 11.1 Å². The summed E-state index contributed by atoms with van der Waals surface area (Å²) in [6, 6.07) is 60.2. The molecule has 312 valence electrons. The second kappa shape index (κ2) is 19.3. The van der Waals surface area contributed by atoms with Crippen LogP contribution in [0, 0.1) is 0 Å². The largest absolute Gasteiger partial charge is 0.398 e. The number of carbonyl (C=O) groups excluding carboxylic acids is 2. The third kappa shape index (κ3) is 8.73. The van der Waals surface area contributed by atoms with Crippen molar-refractivity contribution in [2.24, 2.45) is 10.3 Å². The van der Waals surface area contributed by atoms with Crippen molar-refractivity contribution in [3.8, 4) is 0 Å². The molecule has 8 aromatic rings. The molecule has 0 fully saturated rings. The van der Waals surface area contributed by atoms with Crippen molar-refractivity contribution in [2.75, 3.05) is 24.9 Å². The van der Waals surface area contributed by atoms with Crippen molar-refractivity contribution in [1.82, 2.24) is 9.97 Å². The van der Waals surface area contributed by atoms with E-state index in [9.17, 15) is 9.59 Å². The Morgan fingerprint density at radius 2 is 0.698 bits per heavy atom. The molecule has 2 N–H and O–H groups in total. The Hall–Kier alpha value is -7.74. The molecule has 8 rings (SSSR count). The molecule has 0 atom stereocenters. The van der Waals surface area contributed by atoms with E-state index in [1.165, 1.54) is 36.9 Å². The summed E-state index contributed by atoms with van der Waals surface area (Å²) in [4.78, 5) is 47.5. The number of hydrogen-bond acceptors (Lipinski definition) is 13. The Morgan fingerprint density at radius 3 is 0.937 bits per heavy atom. The standard InChI is InChI=1S/C50H40N6O5S2/c1-59-55-43(41-33-62-47(51-41)53-49(35-21-9-3-10-22-35,36-23-11-4-12-24-36)37-25-13-5-14-26-37)45(57)61-46(58)44(56-60-2)42-34-63-48(52-42)54-50(38-27-15-6-16-28-38,39-29-17-7-18-30-39)40-31-19-8-20-32-40/h3-34H,1-2H3,(H,51,53)(H,52,54). The number of thiazole rings is 2. The monoisotopic (exact) mass is 868 g/mol. The van der Waals surface area contributed by atoms with Crippen molar-refractivity contribution < 1.29 is 24.0 Å². The van der Waals surface area contributed by atoms with Gasteiger partial charge in [-0.25, -0.2) is 19.6 Å². The lowest BCUT2D eigenvalue weighted by atomic mass is 9.77. The number of nitrogens with zero attached hydrogens (tertiary/aromatic N) is 4. The Bertz CT molecular complexity index is 2430. The first-order chi connectivity index (χ1) is 31.0. The predicted molar refractivity (Wildman–Crippen MR) is 248 cm³/mol. The van der Waals surface area contributed by atoms with Gasteiger partial charge in [-0.1, -0.05) is 192 Å². The van der Waals surface area contributed by atoms with E-state index in [2.05, 4.69) is 93.7 Å². The van der Waals surface area contributed by atoms with Crippen LogP contribution in [0.3, 0.4) is 0 Å². The van der Waals surface area contributed by atoms with E-state index in [0.29, 0.717) is 10.3 Å². The second-order valence-corrected chi connectivity index (χ2v) is 15.7. The molecule has 13 heteroatoms. The van der Waals surface area contributed by atoms with E-state index in [1.54, 1.807) is 10.8 Å².